The molecular weight excluding hydrogens is 935 g/mol. The molecule has 0 radical (unpaired) electrons. The summed E-state index contributed by atoms with van der Waals surface area (Å²) in [7, 11) is -0.858. The molecule has 0 spiro atoms. The van der Waals surface area contributed by atoms with Crippen LogP contribution in [0.1, 0.15) is 89.0 Å². The molecule has 2 fully saturated rings. The summed E-state index contributed by atoms with van der Waals surface area (Å²) in [6, 6.07) is 52.3. The topological polar surface area (TPSA) is 46.2 Å². The number of unbranched alkanes of at least 4 members (excludes halogenated alkanes) is 1. The first kappa shape index (κ1) is 54.5. The molecule has 0 aliphatic carbocycles. The quantitative estimate of drug-likeness (QED) is 0.131. The molecule has 4 aliphatic heterocycles. The van der Waals surface area contributed by atoms with Gasteiger partial charge in [0.1, 0.15) is 0 Å². The van der Waals surface area contributed by atoms with Crippen LogP contribution < -0.4 is 57.1 Å². The van der Waals surface area contributed by atoms with Crippen molar-refractivity contribution >= 4 is 106 Å². The fourth-order valence-corrected chi connectivity index (χ4v) is 11.0. The van der Waals surface area contributed by atoms with Crippen molar-refractivity contribution in [3.05, 3.63) is 157 Å². The fraction of sp³-hybridized carbons (Fsp3) is 0.327. The van der Waals surface area contributed by atoms with Crippen LogP contribution in [0.4, 0.5) is 0 Å². The Hall–Kier alpha value is -2.84. The summed E-state index contributed by atoms with van der Waals surface area (Å²) in [6.45, 7) is 26.7. The Kier molecular flexibility index (Phi) is 18.5. The second-order valence-electron chi connectivity index (χ2n) is 19.6. The third-order valence-electron chi connectivity index (χ3n) is 13.3. The van der Waals surface area contributed by atoms with Gasteiger partial charge in [-0.1, -0.05) is 201 Å². The van der Waals surface area contributed by atoms with E-state index in [1.54, 1.807) is 0 Å². The maximum atomic E-state index is 6.29. The van der Waals surface area contributed by atoms with E-state index in [1.165, 1.54) is 58.8 Å². The van der Waals surface area contributed by atoms with Gasteiger partial charge in [0.15, 0.2) is 0 Å². The average Bonchev–Trinajstić information content (AvgIpc) is 3.65. The van der Waals surface area contributed by atoms with E-state index in [9.17, 15) is 0 Å². The Morgan fingerprint density at radius 1 is 0.515 bits per heavy atom. The van der Waals surface area contributed by atoms with Crippen LogP contribution in [0.2, 0.25) is 0 Å². The van der Waals surface area contributed by atoms with Gasteiger partial charge in [-0.05, 0) is 105 Å². The molecule has 6 aromatic carbocycles. The molecule has 10 rings (SSSR count). The second kappa shape index (κ2) is 23.1. The molecule has 5 nitrogen and oxygen atoms in total. The number of hydrogen-bond acceptors (Lipinski definition) is 7. The molecule has 0 amide bonds. The van der Waals surface area contributed by atoms with E-state index in [2.05, 4.69) is 203 Å². The molecule has 0 unspecified atom stereocenters. The number of halogens is 1. The van der Waals surface area contributed by atoms with Crippen molar-refractivity contribution in [2.45, 2.75) is 137 Å². The van der Waals surface area contributed by atoms with E-state index < -0.39 is 7.32 Å². The van der Waals surface area contributed by atoms with Crippen molar-refractivity contribution in [2.75, 3.05) is 0 Å². The molecule has 0 N–H and O–H groups in total. The molecule has 6 aromatic rings. The first-order valence-electron chi connectivity index (χ1n) is 23.6. The van der Waals surface area contributed by atoms with E-state index >= 15 is 0 Å². The van der Waals surface area contributed by atoms with Crippen LogP contribution in [0.3, 0.4) is 0 Å². The Morgan fingerprint density at radius 2 is 0.897 bits per heavy atom. The molecule has 4 heterocycles. The first-order valence-corrected chi connectivity index (χ1v) is 26.0. The van der Waals surface area contributed by atoms with Crippen LogP contribution in [-0.4, -0.2) is 56.4 Å². The van der Waals surface area contributed by atoms with Crippen molar-refractivity contribution in [3.63, 3.8) is 0 Å². The molecule has 0 bridgehead atoms. The maximum absolute atomic E-state index is 6.29. The van der Waals surface area contributed by atoms with Gasteiger partial charge in [0.2, 0.25) is 13.4 Å². The van der Waals surface area contributed by atoms with Gasteiger partial charge in [-0.3, -0.25) is 0 Å². The average molecular weight is 999 g/mol. The third-order valence-corrected chi connectivity index (χ3v) is 16.1. The van der Waals surface area contributed by atoms with E-state index in [0.717, 1.165) is 16.4 Å². The SMILES string of the molecule is Brc1ccc2c(c1)Sc1ccccc1B2c1ccccc1.CC(C)OB1OC(C)(C)C(C)(C)O1.CC1(C)OB(c2ccc3c(c2)Sc2ccccc2B3c2ccccc2)OC1(C)C.[CH2-]CCC.[Li+]. The summed E-state index contributed by atoms with van der Waals surface area (Å²) in [6.07, 6.45) is 2.40. The van der Waals surface area contributed by atoms with Crippen LogP contribution in [0.15, 0.2) is 170 Å². The Labute approximate surface area is 438 Å². The molecular formula is C55H64B4BrLiO5S2. The molecule has 0 aromatic heterocycles. The standard InChI is InChI=1S/C24H24B2O2S.C18H12BBrS.C9H19BO3.C4H9.Li/c1-23(2)24(3,4)28-26(27-23)18-14-15-20-22(16-18)29-21-13-9-8-12-19(21)25(20)17-10-6-5-7-11-17;20-14-10-11-16-18(12-14)21-17-9-5-4-8-15(17)19(16)13-6-2-1-3-7-13;1-7(2)11-10-12-8(3,4)9(5,6)13-10;1-3-4-2;/h5-16H,1-4H3;1-12H;7H,1-6H3;1,3-4H2,2H3;/q;;;-1;+1. The summed E-state index contributed by atoms with van der Waals surface area (Å²) < 4.78 is 30.4. The molecule has 2 saturated heterocycles. The molecule has 346 valence electrons. The van der Waals surface area contributed by atoms with Crippen molar-refractivity contribution in [1.82, 2.24) is 0 Å². The summed E-state index contributed by atoms with van der Waals surface area (Å²) in [5, 5.41) is 0. The summed E-state index contributed by atoms with van der Waals surface area (Å²) in [5.74, 6) is 0. The Balaban J connectivity index is 0.000000171. The Bertz CT molecular complexity index is 2570. The molecule has 0 saturated carbocycles. The Morgan fingerprint density at radius 3 is 1.34 bits per heavy atom. The van der Waals surface area contributed by atoms with Crippen molar-refractivity contribution in [2.24, 2.45) is 0 Å². The number of benzene rings is 6. The second-order valence-corrected chi connectivity index (χ2v) is 22.7. The van der Waals surface area contributed by atoms with Crippen LogP contribution in [0.5, 0.6) is 0 Å². The molecule has 13 heteroatoms. The monoisotopic (exact) mass is 998 g/mol. The summed E-state index contributed by atoms with van der Waals surface area (Å²) in [5.41, 5.74) is 8.02. The predicted octanol–water partition coefficient (Wildman–Crippen LogP) is 7.02. The summed E-state index contributed by atoms with van der Waals surface area (Å²) >= 11 is 7.30. The zero-order valence-corrected chi connectivity index (χ0v) is 45.3. The first-order chi connectivity index (χ1) is 31.8. The number of fused-ring (bicyclic) bond motifs is 4. The smallest absolute Gasteiger partial charge is 0.399 e. The van der Waals surface area contributed by atoms with Crippen molar-refractivity contribution < 1.29 is 42.1 Å². The van der Waals surface area contributed by atoms with Gasteiger partial charge in [0.05, 0.1) is 22.4 Å². The van der Waals surface area contributed by atoms with Gasteiger partial charge < -0.3 is 30.2 Å². The van der Waals surface area contributed by atoms with E-state index in [-0.39, 0.29) is 61.2 Å². The van der Waals surface area contributed by atoms with Gasteiger partial charge >= 0.3 is 33.3 Å². The van der Waals surface area contributed by atoms with Crippen LogP contribution in [0.25, 0.3) is 0 Å². The van der Waals surface area contributed by atoms with Gasteiger partial charge in [0.25, 0.3) is 0 Å². The minimum absolute atomic E-state index is 0. The molecule has 68 heavy (non-hydrogen) atoms. The van der Waals surface area contributed by atoms with Gasteiger partial charge in [-0.25, -0.2) is 0 Å². The number of hydrogen-bond donors (Lipinski definition) is 0. The van der Waals surface area contributed by atoms with Crippen LogP contribution in [-0.2, 0) is 23.3 Å². The normalized spacial score (nSPS) is 17.4. The largest absolute Gasteiger partial charge is 1.00 e. The van der Waals surface area contributed by atoms with Crippen LogP contribution in [0, 0.1) is 6.92 Å². The van der Waals surface area contributed by atoms with E-state index in [0.29, 0.717) is 6.71 Å². The van der Waals surface area contributed by atoms with Gasteiger partial charge in [-0.2, -0.15) is 6.42 Å². The molecule has 0 atom stereocenters. The maximum Gasteiger partial charge on any atom is 1.00 e. The summed E-state index contributed by atoms with van der Waals surface area (Å²) in [4.78, 5) is 5.30. The minimum Gasteiger partial charge on any atom is -0.399 e. The van der Waals surface area contributed by atoms with E-state index in [1.807, 2.05) is 65.1 Å². The fourth-order valence-electron chi connectivity index (χ4n) is 8.11. The predicted molar refractivity (Wildman–Crippen MR) is 292 cm³/mol. The van der Waals surface area contributed by atoms with Gasteiger partial charge in [-0.15, -0.1) is 0 Å². The van der Waals surface area contributed by atoms with Crippen molar-refractivity contribution in [1.29, 1.82) is 0 Å². The zero-order chi connectivity index (χ0) is 48.1. The van der Waals surface area contributed by atoms with Gasteiger partial charge in [0, 0.05) is 30.2 Å². The minimum atomic E-state index is -0.523. The third kappa shape index (κ3) is 12.4. The molecule has 4 aliphatic rings. The van der Waals surface area contributed by atoms with E-state index in [4.69, 9.17) is 23.3 Å². The van der Waals surface area contributed by atoms with Crippen LogP contribution >= 0.6 is 39.5 Å². The number of rotatable bonds is 6. The van der Waals surface area contributed by atoms with Crippen molar-refractivity contribution in [3.8, 4) is 0 Å². The zero-order valence-electron chi connectivity index (χ0n) is 42.1.